The van der Waals surface area contributed by atoms with Gasteiger partial charge in [0.1, 0.15) is 5.56 Å². The van der Waals surface area contributed by atoms with E-state index in [4.69, 9.17) is 14.2 Å². The summed E-state index contributed by atoms with van der Waals surface area (Å²) in [6.45, 7) is 3.03. The van der Waals surface area contributed by atoms with Gasteiger partial charge in [-0.2, -0.15) is 14.5 Å². The summed E-state index contributed by atoms with van der Waals surface area (Å²) >= 11 is 0. The van der Waals surface area contributed by atoms with E-state index in [1.165, 1.54) is 19.2 Å². The molecular formula is C19H24FN5O4. The number of pyridine rings is 1. The number of carbonyl (C=O) groups is 1. The number of ether oxygens (including phenoxy) is 3. The van der Waals surface area contributed by atoms with Crippen molar-refractivity contribution in [2.45, 2.75) is 19.4 Å². The number of aliphatic imine (C=N–C) groups is 1. The van der Waals surface area contributed by atoms with Gasteiger partial charge in [-0.05, 0) is 13.3 Å². The van der Waals surface area contributed by atoms with Crippen molar-refractivity contribution in [3.8, 4) is 5.88 Å². The number of aromatic nitrogens is 3. The highest BCUT2D eigenvalue weighted by Crippen LogP contribution is 2.29. The van der Waals surface area contributed by atoms with Gasteiger partial charge in [-0.3, -0.25) is 4.68 Å². The summed E-state index contributed by atoms with van der Waals surface area (Å²) in [7, 11) is 3.11. The zero-order valence-corrected chi connectivity index (χ0v) is 16.6. The first-order chi connectivity index (χ1) is 14.0. The number of esters is 1. The standard InChI is InChI=1S/C19H24FN5O4/c1-4-29-19(26)14-10-25(15-11-28-6-5-12(15)9-21-2)24-18(14)22-13-7-16(20)23-17(8-13)27-3/h7-10,12,15H,4-6,11H2,1-3H3,(H,22,23,24)/b21-9-/t12-,15+/m1/s1. The minimum Gasteiger partial charge on any atom is -0.481 e. The summed E-state index contributed by atoms with van der Waals surface area (Å²) in [6, 6.07) is 2.57. The second-order valence-corrected chi connectivity index (χ2v) is 6.44. The smallest absolute Gasteiger partial charge is 0.343 e. The minimum atomic E-state index is -0.719. The Labute approximate surface area is 167 Å². The molecule has 9 nitrogen and oxygen atoms in total. The Kier molecular flexibility index (Phi) is 6.76. The van der Waals surface area contributed by atoms with E-state index >= 15 is 0 Å². The monoisotopic (exact) mass is 405 g/mol. The molecule has 10 heteroatoms. The molecule has 1 aliphatic rings. The van der Waals surface area contributed by atoms with Gasteiger partial charge in [-0.15, -0.1) is 0 Å². The Hall–Kier alpha value is -3.01. The van der Waals surface area contributed by atoms with Crippen LogP contribution in [0.2, 0.25) is 0 Å². The Morgan fingerprint density at radius 1 is 1.52 bits per heavy atom. The Morgan fingerprint density at radius 2 is 2.34 bits per heavy atom. The maximum absolute atomic E-state index is 13.7. The van der Waals surface area contributed by atoms with Crippen molar-refractivity contribution in [3.63, 3.8) is 0 Å². The predicted molar refractivity (Wildman–Crippen MR) is 105 cm³/mol. The molecule has 3 rings (SSSR count). The van der Waals surface area contributed by atoms with Gasteiger partial charge >= 0.3 is 5.97 Å². The van der Waals surface area contributed by atoms with Crippen LogP contribution in [0.5, 0.6) is 5.88 Å². The van der Waals surface area contributed by atoms with Crippen molar-refractivity contribution in [2.24, 2.45) is 10.9 Å². The normalized spacial score (nSPS) is 19.3. The van der Waals surface area contributed by atoms with Crippen molar-refractivity contribution < 1.29 is 23.4 Å². The van der Waals surface area contributed by atoms with E-state index in [2.05, 4.69) is 20.4 Å². The summed E-state index contributed by atoms with van der Waals surface area (Å²) in [5, 5.41) is 7.50. The average Bonchev–Trinajstić information content (AvgIpc) is 3.12. The third kappa shape index (κ3) is 4.89. The molecule has 0 radical (unpaired) electrons. The van der Waals surface area contributed by atoms with E-state index in [1.54, 1.807) is 24.9 Å². The number of carbonyl (C=O) groups excluding carboxylic acids is 1. The molecule has 29 heavy (non-hydrogen) atoms. The number of nitrogens with one attached hydrogen (secondary N) is 1. The van der Waals surface area contributed by atoms with Gasteiger partial charge in [0.2, 0.25) is 11.8 Å². The minimum absolute atomic E-state index is 0.101. The largest absolute Gasteiger partial charge is 0.481 e. The van der Waals surface area contributed by atoms with Gasteiger partial charge in [-0.1, -0.05) is 0 Å². The summed E-state index contributed by atoms with van der Waals surface area (Å²) in [4.78, 5) is 20.2. The second kappa shape index (κ2) is 9.46. The summed E-state index contributed by atoms with van der Waals surface area (Å²) in [6.07, 6.45) is 4.28. The van der Waals surface area contributed by atoms with Crippen molar-refractivity contribution in [1.29, 1.82) is 0 Å². The van der Waals surface area contributed by atoms with E-state index in [0.717, 1.165) is 6.42 Å². The first-order valence-electron chi connectivity index (χ1n) is 9.30. The van der Waals surface area contributed by atoms with Crippen LogP contribution in [0.4, 0.5) is 15.9 Å². The first kappa shape index (κ1) is 20.7. The molecule has 0 spiro atoms. The molecule has 2 atom stereocenters. The van der Waals surface area contributed by atoms with Gasteiger partial charge in [-0.25, -0.2) is 4.79 Å². The summed E-state index contributed by atoms with van der Waals surface area (Å²) in [5.74, 6) is -0.780. The Morgan fingerprint density at radius 3 is 3.07 bits per heavy atom. The maximum atomic E-state index is 13.7. The summed E-state index contributed by atoms with van der Waals surface area (Å²) in [5.41, 5.74) is 0.581. The number of rotatable bonds is 7. The lowest BCUT2D eigenvalue weighted by Gasteiger charge is -2.29. The zero-order valence-electron chi connectivity index (χ0n) is 16.6. The number of hydrogen-bond acceptors (Lipinski definition) is 8. The third-order valence-electron chi connectivity index (χ3n) is 4.53. The second-order valence-electron chi connectivity index (χ2n) is 6.44. The molecule has 0 amide bonds. The highest BCUT2D eigenvalue weighted by molar-refractivity contribution is 5.95. The van der Waals surface area contributed by atoms with E-state index in [-0.39, 0.29) is 35.8 Å². The lowest BCUT2D eigenvalue weighted by molar-refractivity contribution is 0.0383. The highest BCUT2D eigenvalue weighted by Gasteiger charge is 2.29. The van der Waals surface area contributed by atoms with Crippen LogP contribution < -0.4 is 10.1 Å². The van der Waals surface area contributed by atoms with Gasteiger partial charge in [0, 0.05) is 49.8 Å². The third-order valence-corrected chi connectivity index (χ3v) is 4.53. The molecule has 0 aromatic carbocycles. The molecule has 1 N–H and O–H groups in total. The molecule has 0 aliphatic carbocycles. The number of hydrogen-bond donors (Lipinski definition) is 1. The molecule has 156 valence electrons. The number of methoxy groups -OCH3 is 1. The number of nitrogens with zero attached hydrogens (tertiary/aromatic N) is 4. The van der Waals surface area contributed by atoms with Gasteiger partial charge in [0.25, 0.3) is 0 Å². The molecule has 2 aromatic heterocycles. The highest BCUT2D eigenvalue weighted by atomic mass is 19.1. The van der Waals surface area contributed by atoms with Crippen LogP contribution in [0.3, 0.4) is 0 Å². The SMILES string of the molecule is CCOC(=O)c1cn([C@H]2COCC[C@@H]2/C=N\C)nc1Nc1cc(F)nc(OC)c1. The Bertz CT molecular complexity index is 885. The molecule has 0 bridgehead atoms. The van der Waals surface area contributed by atoms with Crippen LogP contribution in [0.15, 0.2) is 23.3 Å². The molecule has 1 saturated heterocycles. The molecule has 2 aromatic rings. The van der Waals surface area contributed by atoms with Crippen molar-refractivity contribution in [2.75, 3.05) is 39.3 Å². The average molecular weight is 405 g/mol. The quantitative estimate of drug-likeness (QED) is 0.429. The van der Waals surface area contributed by atoms with E-state index in [9.17, 15) is 9.18 Å². The van der Waals surface area contributed by atoms with E-state index in [1.807, 2.05) is 6.21 Å². The Balaban J connectivity index is 1.96. The van der Waals surface area contributed by atoms with Gasteiger partial charge in [0.15, 0.2) is 5.82 Å². The van der Waals surface area contributed by atoms with Crippen LogP contribution in [0.25, 0.3) is 0 Å². The van der Waals surface area contributed by atoms with Crippen LogP contribution in [-0.2, 0) is 9.47 Å². The predicted octanol–water partition coefficient (Wildman–Crippen LogP) is 2.62. The van der Waals surface area contributed by atoms with E-state index < -0.39 is 11.9 Å². The van der Waals surface area contributed by atoms with Crippen LogP contribution >= 0.6 is 0 Å². The molecule has 3 heterocycles. The van der Waals surface area contributed by atoms with Gasteiger partial charge < -0.3 is 24.5 Å². The molecule has 1 aliphatic heterocycles. The maximum Gasteiger partial charge on any atom is 0.343 e. The van der Waals surface area contributed by atoms with E-state index in [0.29, 0.717) is 18.9 Å². The van der Waals surface area contributed by atoms with Crippen LogP contribution in [0.1, 0.15) is 29.7 Å². The lowest BCUT2D eigenvalue weighted by atomic mass is 9.96. The summed E-state index contributed by atoms with van der Waals surface area (Å²) < 4.78 is 31.2. The zero-order chi connectivity index (χ0) is 20.8. The fourth-order valence-corrected chi connectivity index (χ4v) is 3.18. The van der Waals surface area contributed by atoms with Crippen molar-refractivity contribution in [1.82, 2.24) is 14.8 Å². The molecule has 1 fully saturated rings. The molecule has 0 unspecified atom stereocenters. The van der Waals surface area contributed by atoms with Gasteiger partial charge in [0.05, 0.1) is 26.4 Å². The molecular weight excluding hydrogens is 381 g/mol. The molecule has 0 saturated carbocycles. The lowest BCUT2D eigenvalue weighted by Crippen LogP contribution is -2.31. The fraction of sp³-hybridized carbons (Fsp3) is 0.474. The van der Waals surface area contributed by atoms with Crippen molar-refractivity contribution >= 4 is 23.7 Å². The van der Waals surface area contributed by atoms with Crippen LogP contribution in [-0.4, -0.2) is 60.9 Å². The number of anilines is 2. The van der Waals surface area contributed by atoms with Crippen LogP contribution in [0, 0.1) is 11.9 Å². The fourth-order valence-electron chi connectivity index (χ4n) is 3.18. The number of halogens is 1. The topological polar surface area (TPSA) is 99.9 Å². The van der Waals surface area contributed by atoms with Crippen molar-refractivity contribution in [3.05, 3.63) is 29.8 Å². The first-order valence-corrected chi connectivity index (χ1v) is 9.30.